The molecule has 0 N–H and O–H groups in total. The van der Waals surface area contributed by atoms with Gasteiger partial charge in [0.2, 0.25) is 0 Å². The summed E-state index contributed by atoms with van der Waals surface area (Å²) in [5.41, 5.74) is 2.12. The molecule has 0 saturated heterocycles. The largest absolute Gasteiger partial charge is 0.462 e. The summed E-state index contributed by atoms with van der Waals surface area (Å²) in [5.74, 6) is -0.445. The standard InChI is InChI=1S/C16H11N3O3/c1-2-22-16(21)10-7-18-11-3-4-13(20)19-12-8-17-6-5-9(12)14(10)15(11)19/h3-8H,2H2,1H3. The fourth-order valence-corrected chi connectivity index (χ4v) is 2.85. The summed E-state index contributed by atoms with van der Waals surface area (Å²) >= 11 is 0. The van der Waals surface area contributed by atoms with E-state index in [2.05, 4.69) is 9.97 Å². The quantitative estimate of drug-likeness (QED) is 0.529. The third-order valence-electron chi connectivity index (χ3n) is 3.71. The molecule has 0 atom stereocenters. The van der Waals surface area contributed by atoms with Crippen LogP contribution in [0.4, 0.5) is 0 Å². The molecule has 0 fully saturated rings. The molecule has 0 aliphatic rings. The number of fused-ring (bicyclic) bond motifs is 3. The van der Waals surface area contributed by atoms with Crippen molar-refractivity contribution in [1.29, 1.82) is 0 Å². The molecule has 0 amide bonds. The molecule has 0 radical (unpaired) electrons. The van der Waals surface area contributed by atoms with Crippen LogP contribution in [-0.4, -0.2) is 26.9 Å². The molecule has 0 saturated carbocycles. The fraction of sp³-hybridized carbons (Fsp3) is 0.125. The van der Waals surface area contributed by atoms with Gasteiger partial charge in [0, 0.05) is 29.2 Å². The molecule has 0 aliphatic heterocycles. The predicted octanol–water partition coefficient (Wildman–Crippen LogP) is 2.01. The van der Waals surface area contributed by atoms with Gasteiger partial charge in [-0.2, -0.15) is 0 Å². The smallest absolute Gasteiger partial charge is 0.340 e. The highest BCUT2D eigenvalue weighted by molar-refractivity contribution is 6.20. The van der Waals surface area contributed by atoms with Gasteiger partial charge < -0.3 is 4.74 Å². The molecule has 108 valence electrons. The van der Waals surface area contributed by atoms with Crippen molar-refractivity contribution in [2.45, 2.75) is 6.92 Å². The van der Waals surface area contributed by atoms with Crippen LogP contribution in [0.1, 0.15) is 17.3 Å². The summed E-state index contributed by atoms with van der Waals surface area (Å²) in [6.07, 6.45) is 4.75. The Morgan fingerprint density at radius 2 is 2.14 bits per heavy atom. The van der Waals surface area contributed by atoms with Gasteiger partial charge in [0.25, 0.3) is 5.56 Å². The van der Waals surface area contributed by atoms with Crippen molar-refractivity contribution in [3.8, 4) is 0 Å². The third-order valence-corrected chi connectivity index (χ3v) is 3.71. The number of rotatable bonds is 2. The summed E-state index contributed by atoms with van der Waals surface area (Å²) in [6, 6.07) is 4.91. The average molecular weight is 293 g/mol. The molecular weight excluding hydrogens is 282 g/mol. The van der Waals surface area contributed by atoms with Crippen molar-refractivity contribution in [3.63, 3.8) is 0 Å². The molecule has 0 bridgehead atoms. The average Bonchev–Trinajstić information content (AvgIpc) is 2.88. The highest BCUT2D eigenvalue weighted by atomic mass is 16.5. The van der Waals surface area contributed by atoms with Gasteiger partial charge in [0.15, 0.2) is 0 Å². The molecule has 0 unspecified atom stereocenters. The van der Waals surface area contributed by atoms with Crippen molar-refractivity contribution >= 4 is 33.3 Å². The van der Waals surface area contributed by atoms with Crippen molar-refractivity contribution < 1.29 is 9.53 Å². The Morgan fingerprint density at radius 1 is 1.27 bits per heavy atom. The van der Waals surface area contributed by atoms with E-state index in [1.165, 1.54) is 12.3 Å². The molecular formula is C16H11N3O3. The zero-order valence-corrected chi connectivity index (χ0v) is 11.7. The van der Waals surface area contributed by atoms with Gasteiger partial charge in [0.05, 0.1) is 34.9 Å². The van der Waals surface area contributed by atoms with Crippen molar-refractivity contribution in [2.75, 3.05) is 6.61 Å². The number of esters is 1. The second-order valence-corrected chi connectivity index (χ2v) is 4.90. The molecule has 0 aliphatic carbocycles. The summed E-state index contributed by atoms with van der Waals surface area (Å²) < 4.78 is 6.65. The number of pyridine rings is 3. The maximum absolute atomic E-state index is 12.3. The topological polar surface area (TPSA) is 73.6 Å². The van der Waals surface area contributed by atoms with Crippen LogP contribution in [0, 0.1) is 0 Å². The van der Waals surface area contributed by atoms with E-state index in [1.54, 1.807) is 35.9 Å². The first-order valence-electron chi connectivity index (χ1n) is 6.89. The molecule has 4 rings (SSSR count). The number of carbonyl (C=O) groups excluding carboxylic acids is 1. The van der Waals surface area contributed by atoms with Gasteiger partial charge in [-0.25, -0.2) is 4.79 Å². The zero-order chi connectivity index (χ0) is 15.3. The summed E-state index contributed by atoms with van der Waals surface area (Å²) in [7, 11) is 0. The Balaban J connectivity index is 2.29. The molecule has 0 spiro atoms. The first-order chi connectivity index (χ1) is 10.7. The van der Waals surface area contributed by atoms with E-state index >= 15 is 0 Å². The number of ether oxygens (including phenoxy) is 1. The van der Waals surface area contributed by atoms with Crippen LogP contribution >= 0.6 is 0 Å². The lowest BCUT2D eigenvalue weighted by atomic mass is 10.1. The SMILES string of the molecule is CCOC(=O)c1cnc2ccc(=O)n3c4cnccc4c1c23. The minimum atomic E-state index is -0.445. The van der Waals surface area contributed by atoms with Crippen LogP contribution in [0.25, 0.3) is 27.3 Å². The van der Waals surface area contributed by atoms with Crippen molar-refractivity contribution in [3.05, 3.63) is 52.7 Å². The van der Waals surface area contributed by atoms with E-state index in [0.29, 0.717) is 27.5 Å². The van der Waals surface area contributed by atoms with E-state index in [1.807, 2.05) is 0 Å². The van der Waals surface area contributed by atoms with Crippen LogP contribution in [0.5, 0.6) is 0 Å². The zero-order valence-electron chi connectivity index (χ0n) is 11.7. The molecule has 4 heterocycles. The van der Waals surface area contributed by atoms with Crippen LogP contribution < -0.4 is 5.56 Å². The number of hydrogen-bond acceptors (Lipinski definition) is 5. The van der Waals surface area contributed by atoms with Crippen LogP contribution in [0.15, 0.2) is 41.6 Å². The minimum Gasteiger partial charge on any atom is -0.462 e. The lowest BCUT2D eigenvalue weighted by Crippen LogP contribution is -2.11. The third kappa shape index (κ3) is 1.54. The molecule has 4 aromatic rings. The van der Waals surface area contributed by atoms with Gasteiger partial charge >= 0.3 is 5.97 Å². The van der Waals surface area contributed by atoms with Crippen LogP contribution in [-0.2, 0) is 4.74 Å². The summed E-state index contributed by atoms with van der Waals surface area (Å²) in [4.78, 5) is 32.9. The molecule has 0 aromatic carbocycles. The van der Waals surface area contributed by atoms with Gasteiger partial charge in [-0.1, -0.05) is 0 Å². The van der Waals surface area contributed by atoms with E-state index in [4.69, 9.17) is 4.74 Å². The van der Waals surface area contributed by atoms with Crippen molar-refractivity contribution in [2.24, 2.45) is 0 Å². The molecule has 4 aromatic heterocycles. The van der Waals surface area contributed by atoms with Crippen LogP contribution in [0.2, 0.25) is 0 Å². The molecule has 6 nitrogen and oxygen atoms in total. The summed E-state index contributed by atoms with van der Waals surface area (Å²) in [6.45, 7) is 2.03. The first kappa shape index (κ1) is 12.7. The van der Waals surface area contributed by atoms with E-state index < -0.39 is 5.97 Å². The Morgan fingerprint density at radius 3 is 2.95 bits per heavy atom. The second kappa shape index (κ2) is 4.49. The maximum atomic E-state index is 12.3. The lowest BCUT2D eigenvalue weighted by Gasteiger charge is -2.05. The first-order valence-corrected chi connectivity index (χ1v) is 6.89. The highest BCUT2D eigenvalue weighted by Gasteiger charge is 2.21. The number of aromatic nitrogens is 3. The van der Waals surface area contributed by atoms with Crippen LogP contribution in [0.3, 0.4) is 0 Å². The summed E-state index contributed by atoms with van der Waals surface area (Å²) in [5, 5.41) is 1.47. The van der Waals surface area contributed by atoms with Crippen molar-refractivity contribution in [1.82, 2.24) is 14.4 Å². The predicted molar refractivity (Wildman–Crippen MR) is 81.4 cm³/mol. The Kier molecular flexibility index (Phi) is 2.59. The highest BCUT2D eigenvalue weighted by Crippen LogP contribution is 2.31. The van der Waals surface area contributed by atoms with Gasteiger partial charge in [-0.05, 0) is 19.1 Å². The normalized spacial score (nSPS) is 11.5. The number of nitrogens with zero attached hydrogens (tertiary/aromatic N) is 3. The maximum Gasteiger partial charge on any atom is 0.340 e. The fourth-order valence-electron chi connectivity index (χ4n) is 2.85. The van der Waals surface area contributed by atoms with E-state index in [9.17, 15) is 9.59 Å². The minimum absolute atomic E-state index is 0.177. The lowest BCUT2D eigenvalue weighted by molar-refractivity contribution is 0.0528. The van der Waals surface area contributed by atoms with E-state index in [-0.39, 0.29) is 12.2 Å². The Labute approximate surface area is 124 Å². The number of carbonyl (C=O) groups is 1. The van der Waals surface area contributed by atoms with Gasteiger partial charge in [0.1, 0.15) is 0 Å². The van der Waals surface area contributed by atoms with Gasteiger partial charge in [-0.3, -0.25) is 19.2 Å². The van der Waals surface area contributed by atoms with Gasteiger partial charge in [-0.15, -0.1) is 0 Å². The Bertz CT molecular complexity index is 1080. The monoisotopic (exact) mass is 293 g/mol. The second-order valence-electron chi connectivity index (χ2n) is 4.90. The van der Waals surface area contributed by atoms with E-state index in [0.717, 1.165) is 5.39 Å². The Hall–Kier alpha value is -3.02. The number of hydrogen-bond donors (Lipinski definition) is 0. The molecule has 22 heavy (non-hydrogen) atoms. The molecule has 6 heteroatoms.